The highest BCUT2D eigenvalue weighted by atomic mass is 16.7. The first-order valence-corrected chi connectivity index (χ1v) is 7.08. The molecule has 0 aliphatic carbocycles. The lowest BCUT2D eigenvalue weighted by molar-refractivity contribution is -0.336. The van der Waals surface area contributed by atoms with E-state index in [9.17, 15) is 15.8 Å². The van der Waals surface area contributed by atoms with Gasteiger partial charge in [-0.2, -0.15) is 15.8 Å². The average molecular weight is 286 g/mol. The smallest absolute Gasteiger partial charge is 0.214 e. The Kier molecular flexibility index (Phi) is 3.44. The molecule has 1 N–H and O–H groups in total. The third-order valence-electron chi connectivity index (χ3n) is 4.93. The van der Waals surface area contributed by atoms with Crippen molar-refractivity contribution in [2.24, 2.45) is 16.7 Å². The fraction of sp³-hybridized carbons (Fsp3) is 0.733. The molecule has 3 rings (SSSR count). The quantitative estimate of drug-likeness (QED) is 0.856. The van der Waals surface area contributed by atoms with Crippen molar-refractivity contribution in [3.8, 4) is 18.2 Å². The fourth-order valence-electron chi connectivity index (χ4n) is 3.45. The minimum Gasteiger partial charge on any atom is -0.448 e. The van der Waals surface area contributed by atoms with Crippen molar-refractivity contribution >= 4 is 5.90 Å². The van der Waals surface area contributed by atoms with E-state index in [0.29, 0.717) is 6.42 Å². The normalized spacial score (nSPS) is 39.7. The Morgan fingerprint density at radius 3 is 2.33 bits per heavy atom. The van der Waals surface area contributed by atoms with Crippen LogP contribution >= 0.6 is 0 Å². The summed E-state index contributed by atoms with van der Waals surface area (Å²) in [5.41, 5.74) is -3.30. The Bertz CT molecular complexity index is 582. The van der Waals surface area contributed by atoms with Crippen LogP contribution < -0.4 is 0 Å². The van der Waals surface area contributed by atoms with Crippen molar-refractivity contribution in [3.63, 3.8) is 0 Å². The molecule has 0 aromatic carbocycles. The molecule has 3 aliphatic heterocycles. The number of fused-ring (bicyclic) bond motifs is 3. The van der Waals surface area contributed by atoms with Gasteiger partial charge in [0.15, 0.2) is 10.8 Å². The van der Waals surface area contributed by atoms with E-state index in [0.717, 1.165) is 12.8 Å². The summed E-state index contributed by atoms with van der Waals surface area (Å²) in [7, 11) is 0. The van der Waals surface area contributed by atoms with Gasteiger partial charge in [-0.15, -0.1) is 0 Å². The van der Waals surface area contributed by atoms with Gasteiger partial charge in [-0.25, -0.2) is 0 Å². The Morgan fingerprint density at radius 2 is 1.86 bits per heavy atom. The van der Waals surface area contributed by atoms with Gasteiger partial charge in [0.1, 0.15) is 0 Å². The maximum absolute atomic E-state index is 9.75. The molecule has 0 unspecified atom stereocenters. The van der Waals surface area contributed by atoms with Crippen LogP contribution in [0.1, 0.15) is 40.0 Å². The summed E-state index contributed by atoms with van der Waals surface area (Å²) < 4.78 is 11.4. The summed E-state index contributed by atoms with van der Waals surface area (Å²) >= 11 is 0. The molecule has 110 valence electrons. The Labute approximate surface area is 124 Å². The summed E-state index contributed by atoms with van der Waals surface area (Å²) in [6.07, 6.45) is 1.53. The molecule has 4 atom stereocenters. The van der Waals surface area contributed by atoms with E-state index < -0.39 is 28.6 Å². The molecule has 21 heavy (non-hydrogen) atoms. The predicted molar refractivity (Wildman–Crippen MR) is 72.5 cm³/mol. The maximum Gasteiger partial charge on any atom is 0.214 e. The summed E-state index contributed by atoms with van der Waals surface area (Å²) in [4.78, 5) is 0. The summed E-state index contributed by atoms with van der Waals surface area (Å²) in [6.45, 7) is 5.31. The first-order chi connectivity index (χ1) is 9.88. The number of unbranched alkanes of at least 4 members (excludes halogenated alkanes) is 1. The van der Waals surface area contributed by atoms with Crippen LogP contribution in [0.25, 0.3) is 0 Å². The third-order valence-corrected chi connectivity index (χ3v) is 4.93. The molecule has 0 aromatic rings. The highest BCUT2D eigenvalue weighted by Gasteiger charge is 2.77. The number of nitrogens with one attached hydrogen (secondary N) is 1. The van der Waals surface area contributed by atoms with Crippen molar-refractivity contribution < 1.29 is 9.47 Å². The van der Waals surface area contributed by atoms with Gasteiger partial charge >= 0.3 is 0 Å². The van der Waals surface area contributed by atoms with Gasteiger partial charge in [-0.1, -0.05) is 26.7 Å². The number of ether oxygens (including phenoxy) is 2. The van der Waals surface area contributed by atoms with Gasteiger partial charge in [0.25, 0.3) is 0 Å². The lowest BCUT2D eigenvalue weighted by Gasteiger charge is -2.60. The predicted octanol–water partition coefficient (Wildman–Crippen LogP) is 2.48. The SMILES string of the molecule is CCCC[C@@H]1O[C@@]2(C)OC(=N)[C@@]1(C#N)C(C#N)(C#N)[C@@H]2C. The van der Waals surface area contributed by atoms with Gasteiger partial charge in [-0.3, -0.25) is 5.41 Å². The number of nitriles is 3. The van der Waals surface area contributed by atoms with Gasteiger partial charge in [-0.05, 0) is 6.42 Å². The number of hydrogen-bond acceptors (Lipinski definition) is 6. The molecule has 6 heteroatoms. The average Bonchev–Trinajstić information content (AvgIpc) is 2.47. The Balaban J connectivity index is 2.68. The van der Waals surface area contributed by atoms with E-state index >= 15 is 0 Å². The second-order valence-corrected chi connectivity index (χ2v) is 5.87. The van der Waals surface area contributed by atoms with Crippen molar-refractivity contribution in [3.05, 3.63) is 0 Å². The second kappa shape index (κ2) is 4.72. The minimum atomic E-state index is -1.66. The van der Waals surface area contributed by atoms with Crippen LogP contribution in [-0.4, -0.2) is 17.8 Å². The van der Waals surface area contributed by atoms with E-state index in [-0.39, 0.29) is 5.90 Å². The first kappa shape index (κ1) is 15.3. The first-order valence-electron chi connectivity index (χ1n) is 7.08. The van der Waals surface area contributed by atoms with Crippen LogP contribution in [0.3, 0.4) is 0 Å². The molecular formula is C15H18N4O2. The Hall–Kier alpha value is -2.10. The highest BCUT2D eigenvalue weighted by molar-refractivity contribution is 5.88. The van der Waals surface area contributed by atoms with Crippen LogP contribution in [0.5, 0.6) is 0 Å². The number of nitrogens with zero attached hydrogens (tertiary/aromatic N) is 3. The second-order valence-electron chi connectivity index (χ2n) is 5.87. The lowest BCUT2D eigenvalue weighted by Crippen LogP contribution is -2.73. The molecule has 0 aromatic heterocycles. The molecule has 3 aliphatic rings. The summed E-state index contributed by atoms with van der Waals surface area (Å²) in [5.74, 6) is -2.17. The van der Waals surface area contributed by atoms with Crippen molar-refractivity contribution in [1.29, 1.82) is 21.2 Å². The van der Waals surface area contributed by atoms with Gasteiger partial charge < -0.3 is 9.47 Å². The molecule has 0 saturated carbocycles. The zero-order valence-corrected chi connectivity index (χ0v) is 12.4. The molecule has 0 radical (unpaired) electrons. The summed E-state index contributed by atoms with van der Waals surface area (Å²) in [6, 6.07) is 6.07. The van der Waals surface area contributed by atoms with E-state index in [2.05, 4.69) is 0 Å². The van der Waals surface area contributed by atoms with Crippen molar-refractivity contribution in [2.75, 3.05) is 0 Å². The molecule has 3 saturated heterocycles. The van der Waals surface area contributed by atoms with E-state index in [1.54, 1.807) is 13.8 Å². The largest absolute Gasteiger partial charge is 0.448 e. The van der Waals surface area contributed by atoms with Crippen LogP contribution in [0.2, 0.25) is 0 Å². The van der Waals surface area contributed by atoms with E-state index in [4.69, 9.17) is 14.9 Å². The van der Waals surface area contributed by atoms with E-state index in [1.165, 1.54) is 0 Å². The molecule has 0 amide bonds. The third kappa shape index (κ3) is 1.56. The highest BCUT2D eigenvalue weighted by Crippen LogP contribution is 2.62. The van der Waals surface area contributed by atoms with Crippen LogP contribution in [-0.2, 0) is 9.47 Å². The van der Waals surface area contributed by atoms with Gasteiger partial charge in [0.05, 0.1) is 30.2 Å². The lowest BCUT2D eigenvalue weighted by atomic mass is 9.51. The molecular weight excluding hydrogens is 268 g/mol. The Morgan fingerprint density at radius 1 is 1.24 bits per heavy atom. The molecule has 0 spiro atoms. The molecule has 6 nitrogen and oxygen atoms in total. The van der Waals surface area contributed by atoms with Crippen LogP contribution in [0.15, 0.2) is 0 Å². The monoisotopic (exact) mass is 286 g/mol. The molecule has 3 heterocycles. The van der Waals surface area contributed by atoms with Gasteiger partial charge in [0, 0.05) is 6.92 Å². The topological polar surface area (TPSA) is 114 Å². The summed E-state index contributed by atoms with van der Waals surface area (Å²) in [5, 5.41) is 37.2. The number of hydrogen-bond donors (Lipinski definition) is 1. The zero-order chi connectivity index (χ0) is 15.9. The van der Waals surface area contributed by atoms with Crippen LogP contribution in [0.4, 0.5) is 0 Å². The number of rotatable bonds is 3. The van der Waals surface area contributed by atoms with Gasteiger partial charge in [0.2, 0.25) is 11.7 Å². The minimum absolute atomic E-state index is 0.318. The molecule has 2 bridgehead atoms. The van der Waals surface area contributed by atoms with Crippen LogP contribution in [0, 0.1) is 56.2 Å². The fourth-order valence-corrected chi connectivity index (χ4v) is 3.45. The van der Waals surface area contributed by atoms with Crippen molar-refractivity contribution in [2.45, 2.75) is 51.9 Å². The van der Waals surface area contributed by atoms with Crippen molar-refractivity contribution in [1.82, 2.24) is 0 Å². The zero-order valence-electron chi connectivity index (χ0n) is 12.4. The maximum atomic E-state index is 9.75. The standard InChI is InChI=1S/C15H18N4O2/c1-4-5-6-11-15(9-18)12(19)21-13(3,20-11)10(2)14(15,7-16)8-17/h10-11,19H,4-6H2,1-3H3/t10-,11+,13+,15+/m1/s1. The van der Waals surface area contributed by atoms with E-state index in [1.807, 2.05) is 25.1 Å². The molecule has 3 fully saturated rings.